The van der Waals surface area contributed by atoms with E-state index in [0.717, 1.165) is 67.0 Å². The first-order valence-corrected chi connectivity index (χ1v) is 16.9. The number of aromatic nitrogens is 3. The van der Waals surface area contributed by atoms with Crippen molar-refractivity contribution >= 4 is 55.0 Å². The summed E-state index contributed by atoms with van der Waals surface area (Å²) < 4.78 is 12.6. The maximum Gasteiger partial charge on any atom is 0.164 e. The first-order valence-electron chi connectivity index (χ1n) is 16.9. The highest BCUT2D eigenvalue weighted by atomic mass is 16.3. The highest BCUT2D eigenvalue weighted by molar-refractivity contribution is 6.06. The summed E-state index contributed by atoms with van der Waals surface area (Å²) in [5.74, 6) is 1.92. The first kappa shape index (κ1) is 28.4. The van der Waals surface area contributed by atoms with Crippen molar-refractivity contribution in [1.82, 2.24) is 15.0 Å². The molecule has 1 unspecified atom stereocenters. The smallest absolute Gasteiger partial charge is 0.164 e. The Morgan fingerprint density at radius 3 is 1.68 bits per heavy atom. The maximum absolute atomic E-state index is 6.31. The summed E-state index contributed by atoms with van der Waals surface area (Å²) in [6.07, 6.45) is 5.37. The van der Waals surface area contributed by atoms with Gasteiger partial charge in [-0.15, -0.1) is 0 Å². The van der Waals surface area contributed by atoms with Crippen LogP contribution in [0.1, 0.15) is 29.3 Å². The van der Waals surface area contributed by atoms with E-state index in [2.05, 4.69) is 91.0 Å². The lowest BCUT2D eigenvalue weighted by atomic mass is 9.82. The number of para-hydroxylation sites is 2. The third-order valence-corrected chi connectivity index (χ3v) is 9.69. The van der Waals surface area contributed by atoms with Crippen LogP contribution in [0.4, 0.5) is 0 Å². The van der Waals surface area contributed by atoms with Crippen molar-refractivity contribution in [3.8, 4) is 22.8 Å². The average molecular weight is 644 g/mol. The second kappa shape index (κ2) is 11.5. The molecule has 0 saturated carbocycles. The molecule has 5 nitrogen and oxygen atoms in total. The lowest BCUT2D eigenvalue weighted by Crippen LogP contribution is -2.07. The van der Waals surface area contributed by atoms with E-state index >= 15 is 0 Å². The number of benzene rings is 6. The van der Waals surface area contributed by atoms with Crippen molar-refractivity contribution in [2.75, 3.05) is 0 Å². The molecule has 10 rings (SSSR count). The van der Waals surface area contributed by atoms with E-state index < -0.39 is 0 Å². The van der Waals surface area contributed by atoms with E-state index in [4.69, 9.17) is 23.8 Å². The van der Waals surface area contributed by atoms with Crippen LogP contribution >= 0.6 is 0 Å². The molecular weight excluding hydrogens is 615 g/mol. The summed E-state index contributed by atoms with van der Waals surface area (Å²) >= 11 is 0. The zero-order chi connectivity index (χ0) is 33.0. The number of nitrogens with zero attached hydrogens (tertiary/aromatic N) is 3. The van der Waals surface area contributed by atoms with Crippen LogP contribution in [-0.2, 0) is 0 Å². The summed E-state index contributed by atoms with van der Waals surface area (Å²) in [6, 6.07) is 49.8. The Morgan fingerprint density at radius 2 is 0.980 bits per heavy atom. The van der Waals surface area contributed by atoms with Crippen LogP contribution in [0.2, 0.25) is 0 Å². The van der Waals surface area contributed by atoms with Gasteiger partial charge in [-0.3, -0.25) is 0 Å². The van der Waals surface area contributed by atoms with Gasteiger partial charge in [0.25, 0.3) is 0 Å². The first-order chi connectivity index (χ1) is 24.7. The van der Waals surface area contributed by atoms with Gasteiger partial charge < -0.3 is 8.83 Å². The van der Waals surface area contributed by atoms with Gasteiger partial charge in [0.2, 0.25) is 0 Å². The van der Waals surface area contributed by atoms with Crippen molar-refractivity contribution < 1.29 is 8.83 Å². The second-order valence-corrected chi connectivity index (χ2v) is 12.8. The van der Waals surface area contributed by atoms with Gasteiger partial charge in [-0.25, -0.2) is 15.0 Å². The molecule has 1 aliphatic carbocycles. The standard InChI is InChI=1S/C45H29N3O2/c1-3-11-28(12-4-1)32-23-33(30-19-21-37-35-15-7-9-17-39(35)49-41(37)26-30)25-34(24-32)45-47-43(29-13-5-2-6-14-29)46-44(48-45)31-20-22-38-36-16-8-10-18-40(36)50-42(38)27-31/h1-22,24-27,33H,23H2. The number of rotatable bonds is 5. The lowest BCUT2D eigenvalue weighted by molar-refractivity contribution is 0.667. The number of fused-ring (bicyclic) bond motifs is 6. The van der Waals surface area contributed by atoms with E-state index in [9.17, 15) is 0 Å². The second-order valence-electron chi connectivity index (χ2n) is 12.8. The molecule has 0 spiro atoms. The van der Waals surface area contributed by atoms with E-state index in [0.29, 0.717) is 17.5 Å². The number of furan rings is 2. The van der Waals surface area contributed by atoms with E-state index in [1.54, 1.807) is 0 Å². The molecule has 0 bridgehead atoms. The van der Waals surface area contributed by atoms with Crippen molar-refractivity contribution in [2.24, 2.45) is 0 Å². The number of hydrogen-bond donors (Lipinski definition) is 0. The molecule has 0 saturated heterocycles. The molecule has 1 atom stereocenters. The SMILES string of the molecule is C1=C(c2ccccc2)CC(c2ccc3c(c2)oc2ccccc23)C=C1c1nc(-c2ccccc2)nc(-c2ccc3c(c2)oc2ccccc23)n1. The molecule has 0 fully saturated rings. The normalized spacial score (nSPS) is 14.8. The predicted molar refractivity (Wildman–Crippen MR) is 201 cm³/mol. The fourth-order valence-electron chi connectivity index (χ4n) is 7.20. The zero-order valence-corrected chi connectivity index (χ0v) is 27.0. The lowest BCUT2D eigenvalue weighted by Gasteiger charge is -2.23. The van der Waals surface area contributed by atoms with Crippen LogP contribution in [0.3, 0.4) is 0 Å². The summed E-state index contributed by atoms with van der Waals surface area (Å²) in [5, 5.41) is 4.41. The Bertz CT molecular complexity index is 2790. The van der Waals surface area contributed by atoms with Crippen LogP contribution in [-0.4, -0.2) is 15.0 Å². The Hall–Kier alpha value is -6.59. The quantitative estimate of drug-likeness (QED) is 0.187. The minimum Gasteiger partial charge on any atom is -0.456 e. The molecule has 1 aliphatic rings. The van der Waals surface area contributed by atoms with Crippen LogP contribution in [0.25, 0.3) is 77.8 Å². The summed E-state index contributed by atoms with van der Waals surface area (Å²) in [7, 11) is 0. The molecule has 3 heterocycles. The fraction of sp³-hybridized carbons (Fsp3) is 0.0444. The molecule has 5 heteroatoms. The molecule has 3 aromatic heterocycles. The Labute approximate surface area is 287 Å². The molecule has 0 amide bonds. The third-order valence-electron chi connectivity index (χ3n) is 9.69. The van der Waals surface area contributed by atoms with Gasteiger partial charge >= 0.3 is 0 Å². The zero-order valence-electron chi connectivity index (χ0n) is 27.0. The Kier molecular flexibility index (Phi) is 6.56. The minimum atomic E-state index is 0.0788. The van der Waals surface area contributed by atoms with Gasteiger partial charge in [0.05, 0.1) is 0 Å². The monoisotopic (exact) mass is 643 g/mol. The molecule has 0 aliphatic heterocycles. The Balaban J connectivity index is 1.14. The van der Waals surface area contributed by atoms with Crippen LogP contribution in [0.5, 0.6) is 0 Å². The van der Waals surface area contributed by atoms with E-state index in [1.807, 2.05) is 66.7 Å². The molecule has 0 N–H and O–H groups in total. The summed E-state index contributed by atoms with van der Waals surface area (Å²) in [5.41, 5.74) is 9.80. The molecule has 6 aromatic carbocycles. The third kappa shape index (κ3) is 4.91. The van der Waals surface area contributed by atoms with E-state index in [1.165, 1.54) is 16.7 Å². The molecule has 50 heavy (non-hydrogen) atoms. The van der Waals surface area contributed by atoms with Crippen LogP contribution in [0, 0.1) is 0 Å². The van der Waals surface area contributed by atoms with Gasteiger partial charge in [0, 0.05) is 44.2 Å². The van der Waals surface area contributed by atoms with Gasteiger partial charge in [-0.05, 0) is 59.5 Å². The number of hydrogen-bond acceptors (Lipinski definition) is 5. The Morgan fingerprint density at radius 1 is 0.440 bits per heavy atom. The van der Waals surface area contributed by atoms with Crippen molar-refractivity contribution in [3.05, 3.63) is 175 Å². The molecule has 236 valence electrons. The minimum absolute atomic E-state index is 0.0788. The maximum atomic E-state index is 6.31. The van der Waals surface area contributed by atoms with Crippen molar-refractivity contribution in [1.29, 1.82) is 0 Å². The van der Waals surface area contributed by atoms with Gasteiger partial charge in [0.15, 0.2) is 17.5 Å². The summed E-state index contributed by atoms with van der Waals surface area (Å²) in [4.78, 5) is 15.3. The highest BCUT2D eigenvalue weighted by Crippen LogP contribution is 2.41. The van der Waals surface area contributed by atoms with Crippen LogP contribution in [0.15, 0.2) is 167 Å². The molecule has 0 radical (unpaired) electrons. The average Bonchev–Trinajstić information content (AvgIpc) is 3.76. The number of allylic oxidation sites excluding steroid dienone is 4. The van der Waals surface area contributed by atoms with Gasteiger partial charge in [-0.2, -0.15) is 0 Å². The fourth-order valence-corrected chi connectivity index (χ4v) is 7.20. The molecule has 9 aromatic rings. The highest BCUT2D eigenvalue weighted by Gasteiger charge is 2.23. The van der Waals surface area contributed by atoms with Gasteiger partial charge in [0.1, 0.15) is 22.3 Å². The van der Waals surface area contributed by atoms with Crippen molar-refractivity contribution in [2.45, 2.75) is 12.3 Å². The van der Waals surface area contributed by atoms with Crippen LogP contribution < -0.4 is 0 Å². The predicted octanol–water partition coefficient (Wildman–Crippen LogP) is 11.7. The summed E-state index contributed by atoms with van der Waals surface area (Å²) in [6.45, 7) is 0. The topological polar surface area (TPSA) is 65.0 Å². The largest absolute Gasteiger partial charge is 0.456 e. The van der Waals surface area contributed by atoms with Crippen molar-refractivity contribution in [3.63, 3.8) is 0 Å². The van der Waals surface area contributed by atoms with E-state index in [-0.39, 0.29) is 5.92 Å². The molecular formula is C45H29N3O2. The van der Waals surface area contributed by atoms with Gasteiger partial charge in [-0.1, -0.05) is 121 Å².